The quantitative estimate of drug-likeness (QED) is 0.915. The van der Waals surface area contributed by atoms with Crippen molar-refractivity contribution in [1.82, 2.24) is 4.90 Å². The highest BCUT2D eigenvalue weighted by molar-refractivity contribution is 5.92. The number of carbonyl (C=O) groups excluding carboxylic acids is 1. The molecule has 0 unspecified atom stereocenters. The molecule has 2 rings (SSSR count). The molecule has 23 heavy (non-hydrogen) atoms. The number of nitrogens with zero attached hydrogens (tertiary/aromatic N) is 1. The number of alkyl halides is 3. The first-order chi connectivity index (χ1) is 10.8. The van der Waals surface area contributed by atoms with Crippen molar-refractivity contribution in [3.63, 3.8) is 0 Å². The van der Waals surface area contributed by atoms with Crippen LogP contribution >= 0.6 is 0 Å². The third-order valence-electron chi connectivity index (χ3n) is 3.51. The lowest BCUT2D eigenvalue weighted by Gasteiger charge is -2.30. The van der Waals surface area contributed by atoms with Crippen LogP contribution in [0.25, 0.3) is 0 Å². The highest BCUT2D eigenvalue weighted by Gasteiger charge is 2.43. The molecule has 2 aromatic carbocycles. The fraction of sp³-hybridized carbons (Fsp3) is 0.235. The van der Waals surface area contributed by atoms with Gasteiger partial charge in [0.1, 0.15) is 6.04 Å². The summed E-state index contributed by atoms with van der Waals surface area (Å²) in [4.78, 5) is 12.4. The standard InChI is InChI=1S/C17H17F3N2O/c1-22(11-12-6-5-9-14(10-12)16(21)23)15(17(18,19)20)13-7-3-2-4-8-13/h2-10,15H,11H2,1H3,(H2,21,23)/t15-/m0/s1. The van der Waals surface area contributed by atoms with Gasteiger partial charge in [0.15, 0.2) is 0 Å². The number of amides is 1. The Morgan fingerprint density at radius 2 is 1.78 bits per heavy atom. The third-order valence-corrected chi connectivity index (χ3v) is 3.51. The molecule has 0 saturated carbocycles. The zero-order valence-electron chi connectivity index (χ0n) is 12.5. The number of carbonyl (C=O) groups is 1. The Kier molecular flexibility index (Phi) is 5.05. The molecule has 0 aromatic heterocycles. The largest absolute Gasteiger partial charge is 0.408 e. The second-order valence-corrected chi connectivity index (χ2v) is 5.33. The predicted octanol–water partition coefficient (Wildman–Crippen LogP) is 3.52. The normalized spacial score (nSPS) is 13.1. The van der Waals surface area contributed by atoms with Crippen LogP contribution in [0.2, 0.25) is 0 Å². The number of hydrogen-bond acceptors (Lipinski definition) is 2. The molecule has 122 valence electrons. The summed E-state index contributed by atoms with van der Waals surface area (Å²) in [5, 5.41) is 0. The maximum Gasteiger partial charge on any atom is 0.408 e. The van der Waals surface area contributed by atoms with E-state index in [1.165, 1.54) is 36.2 Å². The molecule has 3 nitrogen and oxygen atoms in total. The van der Waals surface area contributed by atoms with Gasteiger partial charge in [-0.2, -0.15) is 13.2 Å². The fourth-order valence-electron chi connectivity index (χ4n) is 2.53. The van der Waals surface area contributed by atoms with Crippen molar-refractivity contribution in [2.45, 2.75) is 18.8 Å². The van der Waals surface area contributed by atoms with E-state index in [1.807, 2.05) is 0 Å². The summed E-state index contributed by atoms with van der Waals surface area (Å²) in [5.74, 6) is -0.607. The van der Waals surface area contributed by atoms with Crippen LogP contribution in [0.4, 0.5) is 13.2 Å². The van der Waals surface area contributed by atoms with Gasteiger partial charge in [0.05, 0.1) is 0 Å². The fourth-order valence-corrected chi connectivity index (χ4v) is 2.53. The first-order valence-electron chi connectivity index (χ1n) is 6.99. The van der Waals surface area contributed by atoms with E-state index < -0.39 is 18.1 Å². The number of nitrogens with two attached hydrogens (primary N) is 1. The Bertz CT molecular complexity index is 671. The van der Waals surface area contributed by atoms with E-state index >= 15 is 0 Å². The maximum absolute atomic E-state index is 13.5. The molecule has 0 bridgehead atoms. The summed E-state index contributed by atoms with van der Waals surface area (Å²) in [5.41, 5.74) is 6.24. The van der Waals surface area contributed by atoms with Crippen LogP contribution in [-0.2, 0) is 6.54 Å². The van der Waals surface area contributed by atoms with Crippen molar-refractivity contribution in [2.24, 2.45) is 5.73 Å². The molecule has 1 amide bonds. The highest BCUT2D eigenvalue weighted by Crippen LogP contribution is 2.37. The Hall–Kier alpha value is -2.34. The van der Waals surface area contributed by atoms with Crippen molar-refractivity contribution in [3.05, 3.63) is 71.3 Å². The van der Waals surface area contributed by atoms with E-state index in [0.717, 1.165) is 0 Å². The minimum absolute atomic E-state index is 0.0419. The molecule has 2 aromatic rings. The topological polar surface area (TPSA) is 46.3 Å². The van der Waals surface area contributed by atoms with Crippen LogP contribution < -0.4 is 5.73 Å². The van der Waals surface area contributed by atoms with Gasteiger partial charge in [0, 0.05) is 12.1 Å². The van der Waals surface area contributed by atoms with Crippen molar-refractivity contribution < 1.29 is 18.0 Å². The maximum atomic E-state index is 13.5. The molecule has 0 fully saturated rings. The lowest BCUT2D eigenvalue weighted by molar-refractivity contribution is -0.184. The van der Waals surface area contributed by atoms with Crippen LogP contribution in [0.1, 0.15) is 27.5 Å². The smallest absolute Gasteiger partial charge is 0.366 e. The summed E-state index contributed by atoms with van der Waals surface area (Å²) < 4.78 is 40.4. The van der Waals surface area contributed by atoms with Crippen LogP contribution in [0.15, 0.2) is 54.6 Å². The van der Waals surface area contributed by atoms with Gasteiger partial charge < -0.3 is 5.73 Å². The van der Waals surface area contributed by atoms with Gasteiger partial charge in [-0.25, -0.2) is 0 Å². The monoisotopic (exact) mass is 322 g/mol. The van der Waals surface area contributed by atoms with Crippen LogP contribution in [0, 0.1) is 0 Å². The lowest BCUT2D eigenvalue weighted by Crippen LogP contribution is -2.35. The Labute approximate surface area is 132 Å². The van der Waals surface area contributed by atoms with Crippen molar-refractivity contribution >= 4 is 5.91 Å². The second kappa shape index (κ2) is 6.83. The van der Waals surface area contributed by atoms with E-state index in [0.29, 0.717) is 5.56 Å². The molecule has 0 spiro atoms. The number of halogens is 3. The van der Waals surface area contributed by atoms with Crippen LogP contribution in [-0.4, -0.2) is 24.0 Å². The molecule has 0 radical (unpaired) electrons. The minimum atomic E-state index is -4.41. The van der Waals surface area contributed by atoms with Gasteiger partial charge in [-0.3, -0.25) is 9.69 Å². The number of hydrogen-bond donors (Lipinski definition) is 1. The summed E-state index contributed by atoms with van der Waals surface area (Å²) in [6, 6.07) is 12.3. The number of benzene rings is 2. The van der Waals surface area contributed by atoms with Crippen molar-refractivity contribution in [2.75, 3.05) is 7.05 Å². The van der Waals surface area contributed by atoms with Gasteiger partial charge in [0.2, 0.25) is 5.91 Å². The summed E-state index contributed by atoms with van der Waals surface area (Å²) >= 11 is 0. The van der Waals surface area contributed by atoms with Gasteiger partial charge >= 0.3 is 6.18 Å². The van der Waals surface area contributed by atoms with Gasteiger partial charge in [-0.05, 0) is 30.3 Å². The zero-order chi connectivity index (χ0) is 17.0. The summed E-state index contributed by atoms with van der Waals surface area (Å²) in [6.45, 7) is 0.0419. The van der Waals surface area contributed by atoms with E-state index in [-0.39, 0.29) is 17.7 Å². The van der Waals surface area contributed by atoms with E-state index in [4.69, 9.17) is 5.73 Å². The third kappa shape index (κ3) is 4.32. The van der Waals surface area contributed by atoms with Gasteiger partial charge in [-0.15, -0.1) is 0 Å². The first kappa shape index (κ1) is 17.0. The first-order valence-corrected chi connectivity index (χ1v) is 6.99. The van der Waals surface area contributed by atoms with Gasteiger partial charge in [0.25, 0.3) is 0 Å². The van der Waals surface area contributed by atoms with Crippen molar-refractivity contribution in [1.29, 1.82) is 0 Å². The molecule has 0 heterocycles. The zero-order valence-corrected chi connectivity index (χ0v) is 12.5. The Morgan fingerprint density at radius 1 is 1.13 bits per heavy atom. The molecule has 2 N–H and O–H groups in total. The second-order valence-electron chi connectivity index (χ2n) is 5.33. The van der Waals surface area contributed by atoms with E-state index in [1.54, 1.807) is 30.3 Å². The van der Waals surface area contributed by atoms with E-state index in [9.17, 15) is 18.0 Å². The van der Waals surface area contributed by atoms with Crippen LogP contribution in [0.3, 0.4) is 0 Å². The average molecular weight is 322 g/mol. The molecule has 0 aliphatic carbocycles. The van der Waals surface area contributed by atoms with E-state index in [2.05, 4.69) is 0 Å². The number of primary amides is 1. The predicted molar refractivity (Wildman–Crippen MR) is 81.7 cm³/mol. The molecule has 0 aliphatic rings. The van der Waals surface area contributed by atoms with Gasteiger partial charge in [-0.1, -0.05) is 42.5 Å². The molecule has 6 heteroatoms. The molecular formula is C17H17F3N2O. The molecule has 1 atom stereocenters. The summed E-state index contributed by atoms with van der Waals surface area (Å²) in [6.07, 6.45) is -4.41. The summed E-state index contributed by atoms with van der Waals surface area (Å²) in [7, 11) is 1.40. The van der Waals surface area contributed by atoms with Crippen molar-refractivity contribution in [3.8, 4) is 0 Å². The lowest BCUT2D eigenvalue weighted by atomic mass is 10.0. The Morgan fingerprint density at radius 3 is 2.35 bits per heavy atom. The minimum Gasteiger partial charge on any atom is -0.366 e. The highest BCUT2D eigenvalue weighted by atomic mass is 19.4. The SMILES string of the molecule is CN(Cc1cccc(C(N)=O)c1)[C@@H](c1ccccc1)C(F)(F)F. The average Bonchev–Trinajstić information content (AvgIpc) is 2.47. The molecule has 0 aliphatic heterocycles. The molecular weight excluding hydrogens is 305 g/mol. The number of rotatable bonds is 5. The Balaban J connectivity index is 2.27. The molecule has 0 saturated heterocycles. The van der Waals surface area contributed by atoms with Crippen LogP contribution in [0.5, 0.6) is 0 Å².